The second-order valence-electron chi connectivity index (χ2n) is 3.05. The van der Waals surface area contributed by atoms with Gasteiger partial charge in [-0.25, -0.2) is 0 Å². The normalized spacial score (nSPS) is 36.6. The molecule has 0 aromatic rings. The zero-order valence-electron chi connectivity index (χ0n) is 6.55. The summed E-state index contributed by atoms with van der Waals surface area (Å²) in [6, 6.07) is 0. The highest BCUT2D eigenvalue weighted by atomic mass is 16.5. The van der Waals surface area contributed by atoms with Crippen molar-refractivity contribution in [2.75, 3.05) is 6.61 Å². The van der Waals surface area contributed by atoms with Gasteiger partial charge in [0.15, 0.2) is 0 Å². The maximum atomic E-state index is 9.28. The van der Waals surface area contributed by atoms with Crippen LogP contribution in [-0.4, -0.2) is 23.9 Å². The third-order valence-corrected chi connectivity index (χ3v) is 1.99. The maximum absolute atomic E-state index is 9.28. The van der Waals surface area contributed by atoms with Crippen LogP contribution in [0.4, 0.5) is 0 Å². The average Bonchev–Trinajstić information content (AvgIpc) is 1.90. The first-order valence-electron chi connectivity index (χ1n) is 4.08. The van der Waals surface area contributed by atoms with Crippen LogP contribution in [0.5, 0.6) is 0 Å². The Labute approximate surface area is 62.2 Å². The third-order valence-electron chi connectivity index (χ3n) is 1.99. The van der Waals surface area contributed by atoms with Gasteiger partial charge in [-0.3, -0.25) is 0 Å². The highest BCUT2D eigenvalue weighted by Gasteiger charge is 2.11. The molecule has 1 aliphatic heterocycles. The molecule has 10 heavy (non-hydrogen) atoms. The van der Waals surface area contributed by atoms with Gasteiger partial charge in [0.2, 0.25) is 0 Å². The van der Waals surface area contributed by atoms with E-state index in [-0.39, 0.29) is 6.10 Å². The Hall–Kier alpha value is -0.0800. The molecule has 0 aromatic heterocycles. The molecule has 1 rings (SSSR count). The van der Waals surface area contributed by atoms with Gasteiger partial charge in [0, 0.05) is 6.61 Å². The van der Waals surface area contributed by atoms with Gasteiger partial charge >= 0.3 is 0 Å². The molecule has 1 saturated heterocycles. The lowest BCUT2D eigenvalue weighted by Crippen LogP contribution is -2.18. The van der Waals surface area contributed by atoms with E-state index in [9.17, 15) is 5.11 Å². The molecule has 2 nitrogen and oxygen atoms in total. The van der Waals surface area contributed by atoms with Crippen molar-refractivity contribution in [2.45, 2.75) is 44.8 Å². The summed E-state index contributed by atoms with van der Waals surface area (Å²) in [5.74, 6) is 0. The molecule has 1 aliphatic rings. The van der Waals surface area contributed by atoms with Crippen LogP contribution in [0.1, 0.15) is 32.6 Å². The molecule has 1 heterocycles. The van der Waals surface area contributed by atoms with E-state index in [1.54, 1.807) is 0 Å². The van der Waals surface area contributed by atoms with E-state index in [0.717, 1.165) is 32.3 Å². The second-order valence-corrected chi connectivity index (χ2v) is 3.05. The van der Waals surface area contributed by atoms with Crippen LogP contribution < -0.4 is 0 Å². The number of aliphatic hydroxyl groups excluding tert-OH is 1. The van der Waals surface area contributed by atoms with Crippen LogP contribution in [0.25, 0.3) is 0 Å². The number of aliphatic hydroxyl groups is 1. The van der Waals surface area contributed by atoms with E-state index in [2.05, 4.69) is 6.92 Å². The van der Waals surface area contributed by atoms with Crippen LogP contribution in [-0.2, 0) is 4.74 Å². The first kappa shape index (κ1) is 8.02. The van der Waals surface area contributed by atoms with Crippen LogP contribution in [0, 0.1) is 0 Å². The van der Waals surface area contributed by atoms with Gasteiger partial charge in [-0.2, -0.15) is 0 Å². The van der Waals surface area contributed by atoms with Crippen molar-refractivity contribution in [3.8, 4) is 0 Å². The lowest BCUT2D eigenvalue weighted by Gasteiger charge is -2.19. The SMILES string of the molecule is C[C@H]1CC[C@@H](O)CCCO1. The third kappa shape index (κ3) is 2.67. The Bertz CT molecular complexity index is 81.3. The summed E-state index contributed by atoms with van der Waals surface area (Å²) in [7, 11) is 0. The quantitative estimate of drug-likeness (QED) is 0.555. The molecule has 0 bridgehead atoms. The molecular formula is C8H16O2. The monoisotopic (exact) mass is 144 g/mol. The molecule has 2 atom stereocenters. The highest BCUT2D eigenvalue weighted by molar-refractivity contribution is 4.62. The fraction of sp³-hybridized carbons (Fsp3) is 1.00. The number of hydrogen-bond acceptors (Lipinski definition) is 2. The molecule has 1 fully saturated rings. The fourth-order valence-electron chi connectivity index (χ4n) is 1.26. The molecule has 0 saturated carbocycles. The molecule has 60 valence electrons. The summed E-state index contributed by atoms with van der Waals surface area (Å²) >= 11 is 0. The molecule has 0 spiro atoms. The Morgan fingerprint density at radius 3 is 2.90 bits per heavy atom. The zero-order chi connectivity index (χ0) is 7.40. The predicted molar refractivity (Wildman–Crippen MR) is 39.9 cm³/mol. The molecule has 0 amide bonds. The second kappa shape index (κ2) is 3.94. The van der Waals surface area contributed by atoms with Crippen LogP contribution in [0.15, 0.2) is 0 Å². The van der Waals surface area contributed by atoms with Crippen molar-refractivity contribution in [3.63, 3.8) is 0 Å². The molecule has 0 aliphatic carbocycles. The van der Waals surface area contributed by atoms with E-state index in [1.807, 2.05) is 0 Å². The van der Waals surface area contributed by atoms with E-state index >= 15 is 0 Å². The molecule has 0 radical (unpaired) electrons. The van der Waals surface area contributed by atoms with E-state index in [0.29, 0.717) is 6.10 Å². The Morgan fingerprint density at radius 2 is 2.10 bits per heavy atom. The molecular weight excluding hydrogens is 128 g/mol. The van der Waals surface area contributed by atoms with E-state index < -0.39 is 0 Å². The van der Waals surface area contributed by atoms with E-state index in [4.69, 9.17) is 4.74 Å². The first-order valence-corrected chi connectivity index (χ1v) is 4.08. The van der Waals surface area contributed by atoms with Crippen molar-refractivity contribution < 1.29 is 9.84 Å². The number of ether oxygens (including phenoxy) is 1. The first-order chi connectivity index (χ1) is 4.79. The van der Waals surface area contributed by atoms with Gasteiger partial charge in [-0.15, -0.1) is 0 Å². The van der Waals surface area contributed by atoms with Crippen molar-refractivity contribution in [1.82, 2.24) is 0 Å². The summed E-state index contributed by atoms with van der Waals surface area (Å²) < 4.78 is 5.42. The molecule has 0 aromatic carbocycles. The van der Waals surface area contributed by atoms with Crippen molar-refractivity contribution in [2.24, 2.45) is 0 Å². The lowest BCUT2D eigenvalue weighted by molar-refractivity contribution is 0.0189. The van der Waals surface area contributed by atoms with Crippen molar-refractivity contribution in [1.29, 1.82) is 0 Å². The largest absolute Gasteiger partial charge is 0.393 e. The van der Waals surface area contributed by atoms with Gasteiger partial charge in [0.05, 0.1) is 12.2 Å². The van der Waals surface area contributed by atoms with Gasteiger partial charge in [-0.1, -0.05) is 0 Å². The molecule has 0 unspecified atom stereocenters. The predicted octanol–water partition coefficient (Wildman–Crippen LogP) is 1.33. The van der Waals surface area contributed by atoms with Crippen molar-refractivity contribution in [3.05, 3.63) is 0 Å². The van der Waals surface area contributed by atoms with Crippen LogP contribution in [0.3, 0.4) is 0 Å². The highest BCUT2D eigenvalue weighted by Crippen LogP contribution is 2.13. The maximum Gasteiger partial charge on any atom is 0.0547 e. The summed E-state index contributed by atoms with van der Waals surface area (Å²) in [4.78, 5) is 0. The summed E-state index contributed by atoms with van der Waals surface area (Å²) in [6.07, 6.45) is 4.09. The minimum absolute atomic E-state index is 0.0775. The van der Waals surface area contributed by atoms with Crippen LogP contribution >= 0.6 is 0 Å². The van der Waals surface area contributed by atoms with Crippen LogP contribution in [0.2, 0.25) is 0 Å². The average molecular weight is 144 g/mol. The molecule has 2 heteroatoms. The topological polar surface area (TPSA) is 29.5 Å². The van der Waals surface area contributed by atoms with Gasteiger partial charge in [-0.05, 0) is 32.6 Å². The standard InChI is InChI=1S/C8H16O2/c1-7-4-5-8(9)3-2-6-10-7/h7-9H,2-6H2,1H3/t7-,8-/m0/s1. The Morgan fingerprint density at radius 1 is 1.30 bits per heavy atom. The Balaban J connectivity index is 2.23. The van der Waals surface area contributed by atoms with Gasteiger partial charge in [0.1, 0.15) is 0 Å². The van der Waals surface area contributed by atoms with E-state index in [1.165, 1.54) is 0 Å². The van der Waals surface area contributed by atoms with Crippen molar-refractivity contribution >= 4 is 0 Å². The number of hydrogen-bond donors (Lipinski definition) is 1. The summed E-state index contributed by atoms with van der Waals surface area (Å²) in [6.45, 7) is 2.89. The lowest BCUT2D eigenvalue weighted by atomic mass is 10.1. The minimum Gasteiger partial charge on any atom is -0.393 e. The van der Waals surface area contributed by atoms with Gasteiger partial charge in [0.25, 0.3) is 0 Å². The Kier molecular flexibility index (Phi) is 3.16. The molecule has 1 N–H and O–H groups in total. The summed E-state index contributed by atoms with van der Waals surface area (Å²) in [5.41, 5.74) is 0. The number of rotatable bonds is 0. The van der Waals surface area contributed by atoms with Gasteiger partial charge < -0.3 is 9.84 Å². The summed E-state index contributed by atoms with van der Waals surface area (Å²) in [5, 5.41) is 9.28. The zero-order valence-corrected chi connectivity index (χ0v) is 6.55. The smallest absolute Gasteiger partial charge is 0.0547 e. The fourth-order valence-corrected chi connectivity index (χ4v) is 1.26. The minimum atomic E-state index is -0.0775.